The van der Waals surface area contributed by atoms with E-state index in [0.717, 1.165) is 10.7 Å². The van der Waals surface area contributed by atoms with Crippen LogP contribution in [0.2, 0.25) is 0 Å². The van der Waals surface area contributed by atoms with Crippen LogP contribution in [0.4, 0.5) is 0 Å². The zero-order valence-corrected chi connectivity index (χ0v) is 17.4. The Morgan fingerprint density at radius 2 is 1.71 bits per heavy atom. The first kappa shape index (κ1) is 17.7. The van der Waals surface area contributed by atoms with Gasteiger partial charge in [-0.05, 0) is 112 Å². The Labute approximate surface area is 163 Å². The third kappa shape index (κ3) is 4.66. The molecule has 0 aromatic heterocycles. The molecule has 1 saturated carbocycles. The number of carbonyl (C=O) groups is 2. The van der Waals surface area contributed by atoms with Gasteiger partial charge in [0, 0.05) is 16.7 Å². The molecule has 114 valence electrons. The average Bonchev–Trinajstić information content (AvgIpc) is 2.43. The van der Waals surface area contributed by atoms with Crippen LogP contribution in [-0.2, 0) is 9.53 Å². The fourth-order valence-corrected chi connectivity index (χ4v) is 4.71. The van der Waals surface area contributed by atoms with Crippen LogP contribution >= 0.6 is 67.8 Å². The molecule has 0 radical (unpaired) electrons. The zero-order chi connectivity index (χ0) is 15.6. The summed E-state index contributed by atoms with van der Waals surface area (Å²) in [6, 6.07) is 3.82. The van der Waals surface area contributed by atoms with Gasteiger partial charge in [-0.15, -0.1) is 0 Å². The molecule has 1 aromatic carbocycles. The van der Waals surface area contributed by atoms with Crippen LogP contribution in [0.15, 0.2) is 12.1 Å². The van der Waals surface area contributed by atoms with Crippen LogP contribution in [0, 0.1) is 16.6 Å². The van der Waals surface area contributed by atoms with Crippen LogP contribution < -0.4 is 5.11 Å². The normalized spacial score (nSPS) is 21.9. The highest BCUT2D eigenvalue weighted by atomic mass is 127. The van der Waals surface area contributed by atoms with Gasteiger partial charge in [0.1, 0.15) is 6.10 Å². The maximum atomic E-state index is 12.3. The Morgan fingerprint density at radius 3 is 2.29 bits per heavy atom. The number of carboxylic acid groups (broad SMARTS) is 1. The second-order valence-electron chi connectivity index (χ2n) is 4.95. The van der Waals surface area contributed by atoms with Crippen LogP contribution in [0.3, 0.4) is 0 Å². The molecule has 0 amide bonds. The monoisotopic (exact) mass is 625 g/mol. The Bertz CT molecular complexity index is 566. The van der Waals surface area contributed by atoms with Gasteiger partial charge in [0.15, 0.2) is 0 Å². The van der Waals surface area contributed by atoms with Crippen molar-refractivity contribution in [1.29, 1.82) is 0 Å². The maximum absolute atomic E-state index is 12.3. The molecule has 1 fully saturated rings. The summed E-state index contributed by atoms with van der Waals surface area (Å²) >= 11 is 6.52. The molecule has 0 aliphatic heterocycles. The van der Waals surface area contributed by atoms with Gasteiger partial charge < -0.3 is 14.6 Å². The largest absolute Gasteiger partial charge is 0.550 e. The second kappa shape index (κ2) is 7.75. The Hall–Kier alpha value is 0.350. The van der Waals surface area contributed by atoms with Gasteiger partial charge in [-0.25, -0.2) is 4.79 Å². The summed E-state index contributed by atoms with van der Waals surface area (Å²) in [4.78, 5) is 23.1. The first-order valence-corrected chi connectivity index (χ1v) is 9.68. The number of benzene rings is 1. The number of carbonyl (C=O) groups excluding carboxylic acids is 2. The summed E-state index contributed by atoms with van der Waals surface area (Å²) in [5.41, 5.74) is 0.578. The lowest BCUT2D eigenvalue weighted by molar-refractivity contribution is -0.312. The number of aliphatic carboxylic acids is 1. The molecule has 1 aliphatic carbocycles. The molecule has 4 nitrogen and oxygen atoms in total. The molecule has 0 atom stereocenters. The third-order valence-corrected chi connectivity index (χ3v) is 7.16. The van der Waals surface area contributed by atoms with Crippen molar-refractivity contribution in [2.75, 3.05) is 0 Å². The van der Waals surface area contributed by atoms with Gasteiger partial charge in [0.2, 0.25) is 0 Å². The number of hydrogen-bond donors (Lipinski definition) is 0. The zero-order valence-electron chi connectivity index (χ0n) is 10.9. The van der Waals surface area contributed by atoms with Crippen molar-refractivity contribution in [2.24, 2.45) is 5.92 Å². The van der Waals surface area contributed by atoms with E-state index in [1.807, 2.05) is 12.1 Å². The number of halogens is 3. The highest BCUT2D eigenvalue weighted by Gasteiger charge is 2.26. The lowest BCUT2D eigenvalue weighted by Gasteiger charge is -2.28. The van der Waals surface area contributed by atoms with E-state index in [2.05, 4.69) is 67.8 Å². The second-order valence-corrected chi connectivity index (χ2v) is 8.43. The van der Waals surface area contributed by atoms with E-state index < -0.39 is 11.9 Å². The maximum Gasteiger partial charge on any atom is 0.339 e. The number of hydrogen-bond acceptors (Lipinski definition) is 4. The van der Waals surface area contributed by atoms with Crippen molar-refractivity contribution in [2.45, 2.75) is 31.8 Å². The van der Waals surface area contributed by atoms with E-state index in [-0.39, 0.29) is 12.1 Å². The smallest absolute Gasteiger partial charge is 0.339 e. The standard InChI is InChI=1S/C14H13I3O4/c15-8-5-10(12(17)11(16)6-8)14(20)21-9-3-1-7(2-4-9)13(18)19/h5-7,9H,1-4H2,(H,18,19)/p-1. The summed E-state index contributed by atoms with van der Waals surface area (Å²) in [5, 5.41) is 10.8. The topological polar surface area (TPSA) is 66.4 Å². The van der Waals surface area contributed by atoms with Crippen LogP contribution in [0.5, 0.6) is 0 Å². The van der Waals surface area contributed by atoms with Gasteiger partial charge >= 0.3 is 5.97 Å². The minimum atomic E-state index is -0.999. The molecule has 0 N–H and O–H groups in total. The Kier molecular flexibility index (Phi) is 6.53. The van der Waals surface area contributed by atoms with Gasteiger partial charge in [0.25, 0.3) is 0 Å². The molecule has 0 saturated heterocycles. The summed E-state index contributed by atoms with van der Waals surface area (Å²) in [6.07, 6.45) is 2.01. The minimum absolute atomic E-state index is 0.195. The molecule has 0 heterocycles. The van der Waals surface area contributed by atoms with Crippen molar-refractivity contribution >= 4 is 79.7 Å². The van der Waals surface area contributed by atoms with E-state index in [1.54, 1.807) is 0 Å². The van der Waals surface area contributed by atoms with E-state index >= 15 is 0 Å². The molecule has 0 spiro atoms. The van der Waals surface area contributed by atoms with E-state index in [4.69, 9.17) is 4.74 Å². The SMILES string of the molecule is O=C(OC1CCC(C(=O)[O-])CC1)c1cc(I)cc(I)c1I. The van der Waals surface area contributed by atoms with Gasteiger partial charge in [-0.3, -0.25) is 0 Å². The van der Waals surface area contributed by atoms with Crippen LogP contribution in [0.25, 0.3) is 0 Å². The number of ether oxygens (including phenoxy) is 1. The number of carboxylic acids is 1. The van der Waals surface area contributed by atoms with E-state index in [1.165, 1.54) is 0 Å². The predicted octanol–water partition coefficient (Wildman–Crippen LogP) is 2.97. The predicted molar refractivity (Wildman–Crippen MR) is 101 cm³/mol. The molecule has 2 rings (SSSR count). The summed E-state index contributed by atoms with van der Waals surface area (Å²) < 4.78 is 8.44. The molecule has 21 heavy (non-hydrogen) atoms. The molecule has 1 aromatic rings. The van der Waals surface area contributed by atoms with Gasteiger partial charge in [0.05, 0.1) is 5.56 Å². The molecule has 0 bridgehead atoms. The van der Waals surface area contributed by atoms with Crippen LogP contribution in [-0.4, -0.2) is 18.0 Å². The van der Waals surface area contributed by atoms with E-state index in [9.17, 15) is 14.7 Å². The lowest BCUT2D eigenvalue weighted by Crippen LogP contribution is -2.35. The van der Waals surface area contributed by atoms with Crippen molar-refractivity contribution in [3.63, 3.8) is 0 Å². The summed E-state index contributed by atoms with van der Waals surface area (Å²) in [5.74, 6) is -1.73. The molecular weight excluding hydrogens is 613 g/mol. The highest BCUT2D eigenvalue weighted by molar-refractivity contribution is 14.1. The summed E-state index contributed by atoms with van der Waals surface area (Å²) in [6.45, 7) is 0. The van der Waals surface area contributed by atoms with Crippen molar-refractivity contribution < 1.29 is 19.4 Å². The number of esters is 1. The molecule has 7 heteroatoms. The Morgan fingerprint density at radius 1 is 1.10 bits per heavy atom. The first-order chi connectivity index (χ1) is 9.88. The van der Waals surface area contributed by atoms with Crippen LogP contribution in [0.1, 0.15) is 36.0 Å². The fourth-order valence-electron chi connectivity index (χ4n) is 2.34. The lowest BCUT2D eigenvalue weighted by atomic mass is 9.87. The first-order valence-electron chi connectivity index (χ1n) is 6.45. The highest BCUT2D eigenvalue weighted by Crippen LogP contribution is 2.28. The Balaban J connectivity index is 2.01. The third-order valence-electron chi connectivity index (χ3n) is 3.49. The molecular formula is C14H12I3O4-. The van der Waals surface area contributed by atoms with Crippen molar-refractivity contribution in [1.82, 2.24) is 0 Å². The average molecular weight is 625 g/mol. The minimum Gasteiger partial charge on any atom is -0.550 e. The molecule has 1 aliphatic rings. The fraction of sp³-hybridized carbons (Fsp3) is 0.429. The molecule has 0 unspecified atom stereocenters. The quantitative estimate of drug-likeness (QED) is 0.295. The van der Waals surface area contributed by atoms with Gasteiger partial charge in [-0.1, -0.05) is 0 Å². The summed E-state index contributed by atoms with van der Waals surface area (Å²) in [7, 11) is 0. The number of rotatable bonds is 3. The van der Waals surface area contributed by atoms with Crippen molar-refractivity contribution in [3.05, 3.63) is 28.4 Å². The van der Waals surface area contributed by atoms with Gasteiger partial charge in [-0.2, -0.15) is 0 Å². The van der Waals surface area contributed by atoms with E-state index in [0.29, 0.717) is 31.2 Å². The van der Waals surface area contributed by atoms with Crippen molar-refractivity contribution in [3.8, 4) is 0 Å².